The number of nitrogens with one attached hydrogen (secondary N) is 2. The Kier molecular flexibility index (Phi) is 2.10. The van der Waals surface area contributed by atoms with Gasteiger partial charge in [0.2, 0.25) is 10.0 Å². The standard InChI is InChI=1S/C14H21N3O2S/c1-15-20(18,19)10-11-4-5-14-13(8-11)12(9-16-14)6-7-17(2)3/h4-5,8-9,15-16H,6-7,10H2,1-3H3/i2D3,6D2,10D2/hD2. The highest BCUT2D eigenvalue weighted by molar-refractivity contribution is 7.88. The predicted octanol–water partition coefficient (Wildman–Crippen LogP) is 1.32. The zero-order valence-electron chi connectivity index (χ0n) is 20.1. The summed E-state index contributed by atoms with van der Waals surface area (Å²) in [6.45, 7) is -3.07. The third-order valence-electron chi connectivity index (χ3n) is 2.61. The van der Waals surface area contributed by atoms with Gasteiger partial charge in [-0.1, -0.05) is 6.07 Å². The van der Waals surface area contributed by atoms with E-state index in [-0.39, 0.29) is 26.7 Å². The van der Waals surface area contributed by atoms with Crippen molar-refractivity contribution in [2.45, 2.75) is 12.1 Å². The highest BCUT2D eigenvalue weighted by Gasteiger charge is 2.11. The van der Waals surface area contributed by atoms with Gasteiger partial charge in [0.15, 0.2) is 1.41 Å². The number of hydrogen-bond acceptors (Lipinski definition) is 3. The van der Waals surface area contributed by atoms with Crippen molar-refractivity contribution in [2.24, 2.45) is 0 Å². The molecule has 2 aromatic rings. The molecule has 0 saturated heterocycles. The quantitative estimate of drug-likeness (QED) is 0.846. The number of nitrogens with zero attached hydrogens (tertiary/aromatic N) is 1. The minimum Gasteiger partial charge on any atom is -0.361 e. The van der Waals surface area contributed by atoms with Gasteiger partial charge in [-0.05, 0) is 50.7 Å². The number of likely N-dealkylation sites (N-methyl/N-ethyl adjacent to an activating group) is 1. The summed E-state index contributed by atoms with van der Waals surface area (Å²) in [4.78, 5) is 1.69. The van der Waals surface area contributed by atoms with Gasteiger partial charge in [0, 0.05) is 33.2 Å². The lowest BCUT2D eigenvalue weighted by Crippen LogP contribution is -2.20. The maximum Gasteiger partial charge on any atom is 0.215 e. The molecule has 2 N–H and O–H groups in total. The van der Waals surface area contributed by atoms with Crippen LogP contribution in [0.5, 0.6) is 0 Å². The van der Waals surface area contributed by atoms with E-state index in [1.165, 1.54) is 13.1 Å². The Morgan fingerprint density at radius 2 is 2.40 bits per heavy atom. The van der Waals surface area contributed by atoms with Gasteiger partial charge in [-0.25, -0.2) is 13.1 Å². The molecule has 1 aromatic heterocycles. The van der Waals surface area contributed by atoms with Gasteiger partial charge in [-0.2, -0.15) is 0 Å². The molecule has 6 heteroatoms. The lowest BCUT2D eigenvalue weighted by atomic mass is 10.1. The van der Waals surface area contributed by atoms with E-state index in [9.17, 15) is 8.42 Å². The van der Waals surface area contributed by atoms with E-state index in [1.54, 1.807) is 0 Å². The summed E-state index contributed by atoms with van der Waals surface area (Å²) in [6, 6.07) is 3.55. The molecule has 0 aliphatic carbocycles. The third-order valence-corrected chi connectivity index (χ3v) is 3.59. The van der Waals surface area contributed by atoms with Crippen LogP contribution in [0.3, 0.4) is 0 Å². The molecule has 0 radical (unpaired) electrons. The normalized spacial score (nSPS) is 21.3. The lowest BCUT2D eigenvalue weighted by molar-refractivity contribution is 0.414. The van der Waals surface area contributed by atoms with Crippen molar-refractivity contribution in [3.05, 3.63) is 35.5 Å². The van der Waals surface area contributed by atoms with Crippen LogP contribution in [-0.4, -0.2) is 45.9 Å². The van der Waals surface area contributed by atoms with Crippen LogP contribution in [0.15, 0.2) is 24.4 Å². The number of benzene rings is 1. The highest BCUT2D eigenvalue weighted by Crippen LogP contribution is 2.21. The van der Waals surface area contributed by atoms with Crippen LogP contribution in [0.1, 0.15) is 20.7 Å². The van der Waals surface area contributed by atoms with Gasteiger partial charge in [0.05, 0.1) is 5.70 Å². The van der Waals surface area contributed by atoms with E-state index in [1.807, 2.05) is 0 Å². The van der Waals surface area contributed by atoms with Crippen LogP contribution in [-0.2, 0) is 22.1 Å². The number of hydrogen-bond donors (Lipinski definition) is 2. The fraction of sp³-hybridized carbons (Fsp3) is 0.429. The predicted molar refractivity (Wildman–Crippen MR) is 82.2 cm³/mol. The Labute approximate surface area is 132 Å². The highest BCUT2D eigenvalue weighted by atomic mass is 32.2. The second-order valence-electron chi connectivity index (χ2n) is 4.20. The Balaban J connectivity index is 2.64. The van der Waals surface area contributed by atoms with Crippen molar-refractivity contribution >= 4 is 20.9 Å². The number of rotatable bonds is 6. The second kappa shape index (κ2) is 5.95. The summed E-state index contributed by atoms with van der Waals surface area (Å²) in [5.41, 5.74) is -3.19. The topological polar surface area (TPSA) is 65.2 Å². The van der Waals surface area contributed by atoms with Crippen molar-refractivity contribution in [2.75, 3.05) is 27.6 Å². The van der Waals surface area contributed by atoms with Crippen molar-refractivity contribution in [3.63, 3.8) is 0 Å². The molecule has 0 aliphatic rings. The Morgan fingerprint density at radius 1 is 1.60 bits per heavy atom. The summed E-state index contributed by atoms with van der Waals surface area (Å²) in [7, 11) is -2.57. The minimum absolute atomic E-state index is 0.0122. The van der Waals surface area contributed by atoms with Crippen molar-refractivity contribution in [1.29, 1.82) is 0 Å². The summed E-state index contributed by atoms with van der Waals surface area (Å²) >= 11 is 0. The molecule has 0 aliphatic heterocycles. The summed E-state index contributed by atoms with van der Waals surface area (Å²) < 4.78 is 94.4. The molecule has 110 valence electrons. The van der Waals surface area contributed by atoms with E-state index in [4.69, 9.17) is 12.4 Å². The molecule has 1 heterocycles. The number of aromatic amines is 1. The molecule has 0 amide bonds. The summed E-state index contributed by atoms with van der Waals surface area (Å²) in [5.74, 6) is 0. The summed E-state index contributed by atoms with van der Waals surface area (Å²) in [6.07, 6.45) is -1.09. The molecule has 1 aromatic carbocycles. The van der Waals surface area contributed by atoms with Crippen LogP contribution >= 0.6 is 0 Å². The molecule has 0 fully saturated rings. The molecule has 20 heavy (non-hydrogen) atoms. The van der Waals surface area contributed by atoms with E-state index in [0.29, 0.717) is 0 Å². The van der Waals surface area contributed by atoms with Gasteiger partial charge in [0.1, 0.15) is 1.41 Å². The SMILES string of the molecule is [2H]N(C)S(=O)(=O)C([2H])([2H])c1ccc2c(c1)c(C([2H])([2H])CN(C)C([2H])([2H])[2H])cn2[2H]. The lowest BCUT2D eigenvalue weighted by Gasteiger charge is -2.08. The molecule has 0 unspecified atom stereocenters. The first-order valence-electron chi connectivity index (χ1n) is 10.2. The first-order chi connectivity index (χ1) is 12.9. The van der Waals surface area contributed by atoms with Crippen LogP contribution in [0.2, 0.25) is 2.82 Å². The van der Waals surface area contributed by atoms with Crippen molar-refractivity contribution < 1.29 is 20.8 Å². The number of fused-ring (bicyclic) bond motifs is 1. The Morgan fingerprint density at radius 3 is 3.10 bits per heavy atom. The minimum atomic E-state index is -4.67. The average Bonchev–Trinajstić information content (AvgIpc) is 2.90. The molecule has 0 atom stereocenters. The molecule has 0 spiro atoms. The van der Waals surface area contributed by atoms with Crippen LogP contribution in [0.25, 0.3) is 10.9 Å². The molecular weight excluding hydrogens is 274 g/mol. The monoisotopic (exact) mass is 304 g/mol. The smallest absolute Gasteiger partial charge is 0.215 e. The molecular formula is C14H21N3O2S. The molecule has 5 nitrogen and oxygen atoms in total. The van der Waals surface area contributed by atoms with Crippen LogP contribution in [0.4, 0.5) is 0 Å². The number of sulfonamides is 1. The second-order valence-corrected chi connectivity index (χ2v) is 5.72. The first kappa shape index (κ1) is 7.06. The zero-order chi connectivity index (χ0) is 22.6. The fourth-order valence-corrected chi connectivity index (χ4v) is 2.19. The van der Waals surface area contributed by atoms with E-state index in [0.717, 1.165) is 35.3 Å². The van der Waals surface area contributed by atoms with Gasteiger partial charge in [-0.15, -0.1) is 0 Å². The molecule has 2 rings (SSSR count). The maximum atomic E-state index is 12.2. The summed E-state index contributed by atoms with van der Waals surface area (Å²) in [5, 5.41) is 0.0770. The Hall–Kier alpha value is -1.37. The van der Waals surface area contributed by atoms with Gasteiger partial charge < -0.3 is 9.88 Å². The average molecular weight is 304 g/mol. The van der Waals surface area contributed by atoms with E-state index in [2.05, 4.69) is 0 Å². The maximum absolute atomic E-state index is 12.2. The van der Waals surface area contributed by atoms with Crippen LogP contribution < -0.4 is 4.72 Å². The van der Waals surface area contributed by atoms with E-state index >= 15 is 0 Å². The van der Waals surface area contributed by atoms with Crippen molar-refractivity contribution in [3.8, 4) is 0 Å². The van der Waals surface area contributed by atoms with Gasteiger partial charge >= 0.3 is 0 Å². The third kappa shape index (κ3) is 3.59. The van der Waals surface area contributed by atoms with Gasteiger partial charge in [0.25, 0.3) is 0 Å². The van der Waals surface area contributed by atoms with Crippen molar-refractivity contribution in [1.82, 2.24) is 14.6 Å². The molecule has 0 saturated carbocycles. The van der Waals surface area contributed by atoms with Crippen LogP contribution in [0, 0.1) is 0 Å². The molecule has 0 bridgehead atoms. The number of aromatic nitrogens is 1. The zero-order valence-corrected chi connectivity index (χ0v) is 11.9. The largest absolute Gasteiger partial charge is 0.361 e. The Bertz CT molecular complexity index is 1020. The number of H-pyrrole nitrogens is 1. The van der Waals surface area contributed by atoms with Gasteiger partial charge in [-0.3, -0.25) is 0 Å². The van der Waals surface area contributed by atoms with E-state index < -0.39 is 35.6 Å². The fourth-order valence-electron chi connectivity index (χ4n) is 1.67. The first-order valence-corrected chi connectivity index (χ1v) is 7.21.